The van der Waals surface area contributed by atoms with E-state index in [2.05, 4.69) is 29.1 Å². The number of hydrogen-bond donors (Lipinski definition) is 3. The van der Waals surface area contributed by atoms with Gasteiger partial charge < -0.3 is 20.3 Å². The summed E-state index contributed by atoms with van der Waals surface area (Å²) in [6.07, 6.45) is 5.12. The summed E-state index contributed by atoms with van der Waals surface area (Å²) in [4.78, 5) is 29.7. The molecule has 2 heterocycles. The predicted octanol–water partition coefficient (Wildman–Crippen LogP) is 1.72. The van der Waals surface area contributed by atoms with E-state index in [0.717, 1.165) is 30.9 Å². The van der Waals surface area contributed by atoms with Crippen molar-refractivity contribution in [3.8, 4) is 0 Å². The van der Waals surface area contributed by atoms with Crippen molar-refractivity contribution in [1.29, 1.82) is 0 Å². The molecular formula is C15H28N4O3. The number of aromatic amines is 1. The van der Waals surface area contributed by atoms with Gasteiger partial charge in [0.05, 0.1) is 12.6 Å². The Labute approximate surface area is 132 Å². The van der Waals surface area contributed by atoms with E-state index < -0.39 is 0 Å². The second-order valence-electron chi connectivity index (χ2n) is 5.04. The number of H-pyrrole nitrogens is 1. The number of carbonyl (C=O) groups is 2. The number of amides is 1. The first-order chi connectivity index (χ1) is 10.5. The molecule has 1 saturated heterocycles. The molecule has 1 amide bonds. The van der Waals surface area contributed by atoms with Gasteiger partial charge in [0, 0.05) is 18.4 Å². The van der Waals surface area contributed by atoms with Gasteiger partial charge in [-0.2, -0.15) is 0 Å². The molecule has 0 bridgehead atoms. The van der Waals surface area contributed by atoms with E-state index >= 15 is 0 Å². The van der Waals surface area contributed by atoms with Gasteiger partial charge in [0.25, 0.3) is 6.47 Å². The first-order valence-electron chi connectivity index (χ1n) is 7.58. The molecule has 1 aromatic rings. The van der Waals surface area contributed by atoms with E-state index in [1.807, 2.05) is 18.0 Å². The predicted molar refractivity (Wildman–Crippen MR) is 85.6 cm³/mol. The quantitative estimate of drug-likeness (QED) is 0.738. The van der Waals surface area contributed by atoms with Crippen molar-refractivity contribution in [2.45, 2.75) is 46.1 Å². The van der Waals surface area contributed by atoms with Gasteiger partial charge in [0.2, 0.25) is 5.91 Å². The van der Waals surface area contributed by atoms with E-state index in [1.165, 1.54) is 6.42 Å². The maximum atomic E-state index is 11.9. The van der Waals surface area contributed by atoms with Crippen LogP contribution in [-0.2, 0) is 9.59 Å². The molecule has 22 heavy (non-hydrogen) atoms. The van der Waals surface area contributed by atoms with Crippen LogP contribution in [0.4, 0.5) is 0 Å². The van der Waals surface area contributed by atoms with E-state index in [-0.39, 0.29) is 18.4 Å². The van der Waals surface area contributed by atoms with Crippen molar-refractivity contribution < 1.29 is 14.7 Å². The summed E-state index contributed by atoms with van der Waals surface area (Å²) >= 11 is 0. The monoisotopic (exact) mass is 312 g/mol. The molecule has 1 aromatic heterocycles. The number of rotatable bonds is 3. The van der Waals surface area contributed by atoms with Gasteiger partial charge in [0.15, 0.2) is 0 Å². The number of nitrogens with zero attached hydrogens (tertiary/aromatic N) is 2. The molecule has 1 aliphatic rings. The number of aryl methyl sites for hydroxylation is 1. The maximum Gasteiger partial charge on any atom is 0.290 e. The Bertz CT molecular complexity index is 434. The average molecular weight is 312 g/mol. The largest absolute Gasteiger partial charge is 0.483 e. The number of likely N-dealkylation sites (tertiary alicyclic amines) is 1. The summed E-state index contributed by atoms with van der Waals surface area (Å²) < 4.78 is 0. The van der Waals surface area contributed by atoms with Gasteiger partial charge >= 0.3 is 0 Å². The second-order valence-corrected chi connectivity index (χ2v) is 5.04. The van der Waals surface area contributed by atoms with Gasteiger partial charge in [-0.25, -0.2) is 4.98 Å². The third-order valence-electron chi connectivity index (χ3n) is 2.94. The van der Waals surface area contributed by atoms with Crippen LogP contribution in [0.25, 0.3) is 0 Å². The highest BCUT2D eigenvalue weighted by Crippen LogP contribution is 2.29. The molecule has 126 valence electrons. The lowest BCUT2D eigenvalue weighted by Gasteiger charge is -2.23. The number of carboxylic acid groups (broad SMARTS) is 1. The molecule has 0 spiro atoms. The molecule has 0 aliphatic carbocycles. The summed E-state index contributed by atoms with van der Waals surface area (Å²) in [6.45, 7) is 7.21. The summed E-state index contributed by atoms with van der Waals surface area (Å²) in [7, 11) is 1.79. The molecule has 1 atom stereocenters. The minimum absolute atomic E-state index is 0.134. The fourth-order valence-electron chi connectivity index (χ4n) is 2.20. The van der Waals surface area contributed by atoms with Crippen molar-refractivity contribution in [3.63, 3.8) is 0 Å². The number of aromatic nitrogens is 2. The van der Waals surface area contributed by atoms with Crippen LogP contribution >= 0.6 is 0 Å². The zero-order valence-electron chi connectivity index (χ0n) is 13.9. The van der Waals surface area contributed by atoms with E-state index in [1.54, 1.807) is 7.05 Å². The lowest BCUT2D eigenvalue weighted by molar-refractivity contribution is -0.131. The van der Waals surface area contributed by atoms with E-state index in [0.29, 0.717) is 6.54 Å². The Morgan fingerprint density at radius 3 is 2.64 bits per heavy atom. The van der Waals surface area contributed by atoms with Gasteiger partial charge in [-0.05, 0) is 26.8 Å². The maximum absolute atomic E-state index is 11.9. The summed E-state index contributed by atoms with van der Waals surface area (Å²) in [5, 5.41) is 9.79. The Hall–Kier alpha value is -1.89. The molecule has 3 N–H and O–H groups in total. The van der Waals surface area contributed by atoms with Crippen LogP contribution in [0.5, 0.6) is 0 Å². The van der Waals surface area contributed by atoms with Gasteiger partial charge in [-0.3, -0.25) is 9.59 Å². The molecule has 1 fully saturated rings. The molecule has 2 rings (SSSR count). The highest BCUT2D eigenvalue weighted by atomic mass is 16.3. The minimum Gasteiger partial charge on any atom is -0.483 e. The number of hydrogen-bond acceptors (Lipinski definition) is 4. The molecule has 1 unspecified atom stereocenters. The van der Waals surface area contributed by atoms with Crippen LogP contribution in [0.15, 0.2) is 6.20 Å². The third-order valence-corrected chi connectivity index (χ3v) is 2.94. The smallest absolute Gasteiger partial charge is 0.290 e. The third kappa shape index (κ3) is 6.71. The van der Waals surface area contributed by atoms with Crippen molar-refractivity contribution in [3.05, 3.63) is 17.7 Å². The fourth-order valence-corrected chi connectivity index (χ4v) is 2.20. The Balaban J connectivity index is 0.000000639. The van der Waals surface area contributed by atoms with Crippen LogP contribution in [0.2, 0.25) is 0 Å². The molecule has 0 saturated carbocycles. The molecule has 1 aliphatic heterocycles. The molecule has 7 heteroatoms. The van der Waals surface area contributed by atoms with Gasteiger partial charge in [-0.1, -0.05) is 20.3 Å². The SMILES string of the molecule is CCC.CNCC(=O)N1CCCC1c1ncc(C)[nH]1.O=CO. The van der Waals surface area contributed by atoms with Crippen LogP contribution in [-0.4, -0.2) is 52.5 Å². The average Bonchev–Trinajstić information content (AvgIpc) is 3.09. The topological polar surface area (TPSA) is 98.3 Å². The van der Waals surface area contributed by atoms with Crippen molar-refractivity contribution in [2.75, 3.05) is 20.1 Å². The fraction of sp³-hybridized carbons (Fsp3) is 0.667. The van der Waals surface area contributed by atoms with E-state index in [4.69, 9.17) is 9.90 Å². The first-order valence-corrected chi connectivity index (χ1v) is 7.58. The number of nitrogens with one attached hydrogen (secondary N) is 2. The lowest BCUT2D eigenvalue weighted by Crippen LogP contribution is -2.37. The first kappa shape index (κ1) is 20.1. The second kappa shape index (κ2) is 11.7. The standard InChI is InChI=1S/C11H18N4O.C3H8.CH2O2/c1-8-6-13-11(14-8)9-4-3-5-15(9)10(16)7-12-2;1-3-2;2-1-3/h6,9,12H,3-5,7H2,1-2H3,(H,13,14);3H2,1-2H3;1H,(H,2,3). The highest BCUT2D eigenvalue weighted by Gasteiger charge is 2.31. The highest BCUT2D eigenvalue weighted by molar-refractivity contribution is 5.78. The van der Waals surface area contributed by atoms with Gasteiger partial charge in [-0.15, -0.1) is 0 Å². The number of imidazole rings is 1. The number of carbonyl (C=O) groups excluding carboxylic acids is 1. The zero-order valence-corrected chi connectivity index (χ0v) is 13.9. The lowest BCUT2D eigenvalue weighted by atomic mass is 10.2. The van der Waals surface area contributed by atoms with Crippen molar-refractivity contribution >= 4 is 12.4 Å². The summed E-state index contributed by atoms with van der Waals surface area (Å²) in [5.41, 5.74) is 1.04. The van der Waals surface area contributed by atoms with Crippen LogP contribution in [0.3, 0.4) is 0 Å². The van der Waals surface area contributed by atoms with Crippen LogP contribution in [0, 0.1) is 6.92 Å². The number of likely N-dealkylation sites (N-methyl/N-ethyl adjacent to an activating group) is 1. The van der Waals surface area contributed by atoms with Crippen molar-refractivity contribution in [1.82, 2.24) is 20.2 Å². The van der Waals surface area contributed by atoms with Gasteiger partial charge in [0.1, 0.15) is 5.82 Å². The molecule has 7 nitrogen and oxygen atoms in total. The van der Waals surface area contributed by atoms with Crippen LogP contribution < -0.4 is 5.32 Å². The summed E-state index contributed by atoms with van der Waals surface area (Å²) in [6, 6.07) is 0.134. The van der Waals surface area contributed by atoms with E-state index in [9.17, 15) is 4.79 Å². The Morgan fingerprint density at radius 1 is 1.59 bits per heavy atom. The molecular weight excluding hydrogens is 284 g/mol. The van der Waals surface area contributed by atoms with Crippen molar-refractivity contribution in [2.24, 2.45) is 0 Å². The summed E-state index contributed by atoms with van der Waals surface area (Å²) in [5.74, 6) is 1.07. The van der Waals surface area contributed by atoms with Crippen LogP contribution in [0.1, 0.15) is 50.7 Å². The minimum atomic E-state index is -0.250. The molecule has 0 aromatic carbocycles. The Morgan fingerprint density at radius 2 is 2.18 bits per heavy atom. The normalized spacial score (nSPS) is 16.2. The Kier molecular flexibility index (Phi) is 10.7. The molecule has 0 radical (unpaired) electrons. The zero-order chi connectivity index (χ0) is 17.0.